The van der Waals surface area contributed by atoms with Gasteiger partial charge in [-0.05, 0) is 78.0 Å². The first-order chi connectivity index (χ1) is 10.0. The minimum absolute atomic E-state index is 0.00470. The quantitative estimate of drug-likeness (QED) is 0.623. The molecule has 2 aromatic carbocycles. The van der Waals surface area contributed by atoms with Crippen LogP contribution in [0.4, 0.5) is 5.69 Å². The number of amides is 1. The molecular formula is C16H14INO3. The second-order valence-electron chi connectivity index (χ2n) is 4.42. The van der Waals surface area contributed by atoms with E-state index in [0.29, 0.717) is 17.0 Å². The first kappa shape index (κ1) is 15.5. The number of hydrogen-bond acceptors (Lipinski definition) is 3. The van der Waals surface area contributed by atoms with Crippen LogP contribution in [0.15, 0.2) is 48.5 Å². The Labute approximate surface area is 136 Å². The van der Waals surface area contributed by atoms with Gasteiger partial charge in [-0.25, -0.2) is 0 Å². The predicted octanol–water partition coefficient (Wildman–Crippen LogP) is 3.51. The number of rotatable bonds is 5. The number of ether oxygens (including phenoxy) is 1. The second-order valence-corrected chi connectivity index (χ2v) is 5.67. The molecule has 2 aromatic rings. The van der Waals surface area contributed by atoms with E-state index in [1.807, 2.05) is 24.3 Å². The van der Waals surface area contributed by atoms with Crippen molar-refractivity contribution >= 4 is 40.0 Å². The van der Waals surface area contributed by atoms with Crippen molar-refractivity contribution in [2.45, 2.75) is 6.92 Å². The maximum absolute atomic E-state index is 11.8. The van der Waals surface area contributed by atoms with Crippen molar-refractivity contribution in [1.82, 2.24) is 0 Å². The van der Waals surface area contributed by atoms with Crippen LogP contribution in [0.2, 0.25) is 0 Å². The van der Waals surface area contributed by atoms with E-state index in [4.69, 9.17) is 4.74 Å². The number of anilines is 1. The molecule has 0 heterocycles. The fraction of sp³-hybridized carbons (Fsp3) is 0.125. The number of Topliss-reactive ketones (excluding diaryl/α,β-unsaturated/α-hetero) is 1. The van der Waals surface area contributed by atoms with Crippen LogP contribution in [0.5, 0.6) is 5.75 Å². The van der Waals surface area contributed by atoms with Gasteiger partial charge in [-0.3, -0.25) is 9.59 Å². The second kappa shape index (κ2) is 7.21. The van der Waals surface area contributed by atoms with Crippen molar-refractivity contribution in [2.75, 3.05) is 11.9 Å². The topological polar surface area (TPSA) is 55.4 Å². The van der Waals surface area contributed by atoms with Crippen molar-refractivity contribution in [3.05, 3.63) is 57.7 Å². The van der Waals surface area contributed by atoms with Gasteiger partial charge in [-0.1, -0.05) is 0 Å². The lowest BCUT2D eigenvalue weighted by atomic mass is 10.1. The fourth-order valence-corrected chi connectivity index (χ4v) is 2.02. The van der Waals surface area contributed by atoms with Gasteiger partial charge in [0.05, 0.1) is 0 Å². The Balaban J connectivity index is 1.86. The van der Waals surface area contributed by atoms with E-state index in [2.05, 4.69) is 27.9 Å². The van der Waals surface area contributed by atoms with Gasteiger partial charge in [0.15, 0.2) is 12.4 Å². The van der Waals surface area contributed by atoms with E-state index >= 15 is 0 Å². The SMILES string of the molecule is CC(=O)c1ccc(NC(=O)COc2ccc(I)cc2)cc1. The average Bonchev–Trinajstić information content (AvgIpc) is 2.47. The molecule has 0 saturated heterocycles. The Hall–Kier alpha value is -1.89. The molecule has 0 fully saturated rings. The maximum Gasteiger partial charge on any atom is 0.262 e. The van der Waals surface area contributed by atoms with E-state index in [1.165, 1.54) is 6.92 Å². The van der Waals surface area contributed by atoms with E-state index in [1.54, 1.807) is 24.3 Å². The average molecular weight is 395 g/mol. The third-order valence-electron chi connectivity index (χ3n) is 2.76. The molecule has 0 aliphatic carbocycles. The first-order valence-electron chi connectivity index (χ1n) is 6.34. The van der Waals surface area contributed by atoms with Crippen molar-refractivity contribution < 1.29 is 14.3 Å². The molecule has 1 N–H and O–H groups in total. The number of carbonyl (C=O) groups is 2. The first-order valence-corrected chi connectivity index (χ1v) is 7.42. The minimum Gasteiger partial charge on any atom is -0.484 e. The van der Waals surface area contributed by atoms with Crippen LogP contribution in [0.3, 0.4) is 0 Å². The maximum atomic E-state index is 11.8. The summed E-state index contributed by atoms with van der Waals surface area (Å²) in [6.07, 6.45) is 0. The van der Waals surface area contributed by atoms with Crippen LogP contribution in [0.25, 0.3) is 0 Å². The summed E-state index contributed by atoms with van der Waals surface area (Å²) in [6.45, 7) is 1.44. The zero-order valence-electron chi connectivity index (χ0n) is 11.4. The highest BCUT2D eigenvalue weighted by molar-refractivity contribution is 14.1. The van der Waals surface area contributed by atoms with Gasteiger partial charge < -0.3 is 10.1 Å². The summed E-state index contributed by atoms with van der Waals surface area (Å²) < 4.78 is 6.49. The standard InChI is InChI=1S/C16H14INO3/c1-11(19)12-2-6-14(7-3-12)18-16(20)10-21-15-8-4-13(17)5-9-15/h2-9H,10H2,1H3,(H,18,20). The zero-order chi connectivity index (χ0) is 15.2. The van der Waals surface area contributed by atoms with Gasteiger partial charge in [0.1, 0.15) is 5.75 Å². The number of carbonyl (C=O) groups excluding carboxylic acids is 2. The monoisotopic (exact) mass is 395 g/mol. The predicted molar refractivity (Wildman–Crippen MR) is 89.7 cm³/mol. The van der Waals surface area contributed by atoms with Crippen LogP contribution in [0, 0.1) is 3.57 Å². The van der Waals surface area contributed by atoms with Crippen molar-refractivity contribution in [1.29, 1.82) is 0 Å². The molecule has 0 aliphatic rings. The van der Waals surface area contributed by atoms with Crippen LogP contribution in [0.1, 0.15) is 17.3 Å². The Morgan fingerprint density at radius 2 is 1.67 bits per heavy atom. The normalized spacial score (nSPS) is 10.0. The Morgan fingerprint density at radius 1 is 1.05 bits per heavy atom. The Morgan fingerprint density at radius 3 is 2.24 bits per heavy atom. The Kier molecular flexibility index (Phi) is 5.32. The van der Waals surface area contributed by atoms with Gasteiger partial charge in [-0.15, -0.1) is 0 Å². The molecule has 0 saturated carbocycles. The summed E-state index contributed by atoms with van der Waals surface area (Å²) in [5.41, 5.74) is 1.25. The summed E-state index contributed by atoms with van der Waals surface area (Å²) in [4.78, 5) is 22.9. The van der Waals surface area contributed by atoms with Gasteiger partial charge in [-0.2, -0.15) is 0 Å². The lowest BCUT2D eigenvalue weighted by molar-refractivity contribution is -0.118. The molecule has 0 spiro atoms. The lowest BCUT2D eigenvalue weighted by Crippen LogP contribution is -2.20. The molecule has 1 amide bonds. The van der Waals surface area contributed by atoms with Crippen LogP contribution in [-0.4, -0.2) is 18.3 Å². The molecule has 5 heteroatoms. The highest BCUT2D eigenvalue weighted by Gasteiger charge is 2.05. The van der Waals surface area contributed by atoms with Gasteiger partial charge in [0.25, 0.3) is 5.91 Å². The minimum atomic E-state index is -0.246. The van der Waals surface area contributed by atoms with E-state index in [0.717, 1.165) is 3.57 Å². The van der Waals surface area contributed by atoms with Gasteiger partial charge in [0.2, 0.25) is 0 Å². The van der Waals surface area contributed by atoms with Crippen molar-refractivity contribution in [3.63, 3.8) is 0 Å². The van der Waals surface area contributed by atoms with Crippen molar-refractivity contribution in [3.8, 4) is 5.75 Å². The summed E-state index contributed by atoms with van der Waals surface area (Å²) in [6, 6.07) is 14.2. The van der Waals surface area contributed by atoms with Crippen molar-refractivity contribution in [2.24, 2.45) is 0 Å². The highest BCUT2D eigenvalue weighted by Crippen LogP contribution is 2.14. The lowest BCUT2D eigenvalue weighted by Gasteiger charge is -2.08. The smallest absolute Gasteiger partial charge is 0.262 e. The fourth-order valence-electron chi connectivity index (χ4n) is 1.67. The molecule has 0 unspecified atom stereocenters. The largest absolute Gasteiger partial charge is 0.484 e. The molecule has 21 heavy (non-hydrogen) atoms. The third-order valence-corrected chi connectivity index (χ3v) is 3.48. The van der Waals surface area contributed by atoms with E-state index < -0.39 is 0 Å². The van der Waals surface area contributed by atoms with Crippen LogP contribution >= 0.6 is 22.6 Å². The summed E-state index contributed by atoms with van der Waals surface area (Å²) in [5.74, 6) is 0.400. The van der Waals surface area contributed by atoms with E-state index in [-0.39, 0.29) is 18.3 Å². The molecule has 0 aliphatic heterocycles. The Bertz CT molecular complexity index is 636. The van der Waals surface area contributed by atoms with Gasteiger partial charge in [0, 0.05) is 14.8 Å². The third kappa shape index (κ3) is 4.86. The molecule has 4 nitrogen and oxygen atoms in total. The van der Waals surface area contributed by atoms with Gasteiger partial charge >= 0.3 is 0 Å². The summed E-state index contributed by atoms with van der Waals surface area (Å²) in [5, 5.41) is 2.71. The number of hydrogen-bond donors (Lipinski definition) is 1. The summed E-state index contributed by atoms with van der Waals surface area (Å²) in [7, 11) is 0. The molecule has 108 valence electrons. The number of nitrogens with one attached hydrogen (secondary N) is 1. The molecule has 0 aromatic heterocycles. The number of ketones is 1. The van der Waals surface area contributed by atoms with Crippen LogP contribution < -0.4 is 10.1 Å². The van der Waals surface area contributed by atoms with E-state index in [9.17, 15) is 9.59 Å². The summed E-state index contributed by atoms with van der Waals surface area (Å²) >= 11 is 2.20. The molecular weight excluding hydrogens is 381 g/mol. The molecule has 0 radical (unpaired) electrons. The molecule has 0 bridgehead atoms. The number of halogens is 1. The number of benzene rings is 2. The molecule has 2 rings (SSSR count). The molecule has 0 atom stereocenters. The highest BCUT2D eigenvalue weighted by atomic mass is 127. The van der Waals surface area contributed by atoms with Crippen LogP contribution in [-0.2, 0) is 4.79 Å². The zero-order valence-corrected chi connectivity index (χ0v) is 13.6.